The van der Waals surface area contributed by atoms with Crippen molar-refractivity contribution in [3.05, 3.63) is 23.8 Å². The number of hydrogen-bond donors (Lipinski definition) is 0. The lowest BCUT2D eigenvalue weighted by Gasteiger charge is -2.31. The highest BCUT2D eigenvalue weighted by molar-refractivity contribution is 7.91. The van der Waals surface area contributed by atoms with Gasteiger partial charge in [0.25, 0.3) is 0 Å². The topological polar surface area (TPSA) is 76.2 Å². The van der Waals surface area contributed by atoms with Crippen LogP contribution in [0.25, 0.3) is 0 Å². The van der Waals surface area contributed by atoms with Crippen LogP contribution in [0.3, 0.4) is 0 Å². The molecule has 1 amide bonds. The summed E-state index contributed by atoms with van der Waals surface area (Å²) in [5, 5.41) is 0. The number of carbonyl (C=O) groups excluding carboxylic acids is 1. The van der Waals surface area contributed by atoms with Gasteiger partial charge in [-0.25, -0.2) is 8.42 Å². The van der Waals surface area contributed by atoms with E-state index >= 15 is 0 Å². The normalized spacial score (nSPS) is 23.2. The van der Waals surface area contributed by atoms with Crippen LogP contribution in [0.2, 0.25) is 0 Å². The fraction of sp³-hybridized carbons (Fsp3) is 0.571. The maximum absolute atomic E-state index is 13.2. The zero-order valence-electron chi connectivity index (χ0n) is 17.0. The number of benzene rings is 1. The molecule has 1 aromatic carbocycles. The summed E-state index contributed by atoms with van der Waals surface area (Å²) in [6, 6.07) is 5.35. The van der Waals surface area contributed by atoms with Crippen molar-refractivity contribution in [2.45, 2.75) is 31.3 Å². The van der Waals surface area contributed by atoms with Crippen LogP contribution in [0.4, 0.5) is 0 Å². The summed E-state index contributed by atoms with van der Waals surface area (Å²) < 4.78 is 34.5. The second-order valence-corrected chi connectivity index (χ2v) is 9.75. The molecule has 158 valence electrons. The molecule has 1 aromatic rings. The summed E-state index contributed by atoms with van der Waals surface area (Å²) in [5.41, 5.74) is 0.950. The Morgan fingerprint density at radius 3 is 2.72 bits per heavy atom. The molecule has 2 aliphatic rings. The first-order valence-electron chi connectivity index (χ1n) is 9.78. The Morgan fingerprint density at radius 1 is 1.31 bits per heavy atom. The number of rotatable bonds is 7. The van der Waals surface area contributed by atoms with Gasteiger partial charge in [0.05, 0.1) is 44.9 Å². The molecule has 3 rings (SSSR count). The van der Waals surface area contributed by atoms with Crippen molar-refractivity contribution < 1.29 is 22.7 Å². The molecule has 0 radical (unpaired) electrons. The molecule has 0 aliphatic carbocycles. The monoisotopic (exact) mass is 420 g/mol. The van der Waals surface area contributed by atoms with Gasteiger partial charge in [-0.2, -0.15) is 0 Å². The maximum Gasteiger partial charge on any atom is 0.237 e. The summed E-state index contributed by atoms with van der Waals surface area (Å²) in [6.07, 6.45) is 7.75. The zero-order valence-corrected chi connectivity index (χ0v) is 17.8. The van der Waals surface area contributed by atoms with Gasteiger partial charge >= 0.3 is 0 Å². The molecule has 8 heteroatoms. The molecule has 2 saturated heterocycles. The predicted octanol–water partition coefficient (Wildman–Crippen LogP) is 1.49. The quantitative estimate of drug-likeness (QED) is 0.622. The van der Waals surface area contributed by atoms with Gasteiger partial charge in [-0.05, 0) is 31.4 Å². The van der Waals surface area contributed by atoms with E-state index < -0.39 is 9.84 Å². The Labute approximate surface area is 172 Å². The minimum absolute atomic E-state index is 0.0371. The lowest BCUT2D eigenvalue weighted by Crippen LogP contribution is -2.45. The second-order valence-electron chi connectivity index (χ2n) is 7.52. The summed E-state index contributed by atoms with van der Waals surface area (Å²) >= 11 is 0. The Morgan fingerprint density at radius 2 is 2.10 bits per heavy atom. The highest BCUT2D eigenvalue weighted by Gasteiger charge is 2.36. The SMILES string of the molecule is C#CCN(CC(=O)N1CCCC1c1ccc(OC)cc1OC)C1CCS(=O)(=O)C1. The van der Waals surface area contributed by atoms with Crippen molar-refractivity contribution in [2.75, 3.05) is 45.4 Å². The Bertz CT molecular complexity index is 893. The van der Waals surface area contributed by atoms with E-state index in [1.807, 2.05) is 28.0 Å². The number of nitrogens with zero attached hydrogens (tertiary/aromatic N) is 2. The van der Waals surface area contributed by atoms with Gasteiger partial charge < -0.3 is 14.4 Å². The molecule has 29 heavy (non-hydrogen) atoms. The lowest BCUT2D eigenvalue weighted by molar-refractivity contribution is -0.133. The van der Waals surface area contributed by atoms with E-state index in [1.54, 1.807) is 14.2 Å². The van der Waals surface area contributed by atoms with Crippen LogP contribution < -0.4 is 9.47 Å². The Kier molecular flexibility index (Phi) is 6.70. The Balaban J connectivity index is 1.76. The molecule has 0 saturated carbocycles. The van der Waals surface area contributed by atoms with E-state index in [1.165, 1.54) is 0 Å². The number of amides is 1. The van der Waals surface area contributed by atoms with Gasteiger partial charge in [-0.1, -0.05) is 5.92 Å². The molecule has 0 bridgehead atoms. The van der Waals surface area contributed by atoms with Crippen molar-refractivity contribution in [1.82, 2.24) is 9.80 Å². The largest absolute Gasteiger partial charge is 0.497 e. The highest BCUT2D eigenvalue weighted by Crippen LogP contribution is 2.38. The van der Waals surface area contributed by atoms with Crippen LogP contribution in [-0.2, 0) is 14.6 Å². The van der Waals surface area contributed by atoms with Crippen LogP contribution in [0.5, 0.6) is 11.5 Å². The molecule has 2 unspecified atom stereocenters. The van der Waals surface area contributed by atoms with E-state index in [0.29, 0.717) is 24.5 Å². The summed E-state index contributed by atoms with van der Waals surface area (Å²) in [6.45, 7) is 1.04. The van der Waals surface area contributed by atoms with Gasteiger partial charge in [-0.3, -0.25) is 9.69 Å². The maximum atomic E-state index is 13.2. The summed E-state index contributed by atoms with van der Waals surface area (Å²) in [4.78, 5) is 16.8. The first kappa shape index (κ1) is 21.5. The van der Waals surface area contributed by atoms with Gasteiger partial charge in [0.2, 0.25) is 5.91 Å². The van der Waals surface area contributed by atoms with E-state index in [0.717, 1.165) is 18.4 Å². The van der Waals surface area contributed by atoms with Crippen LogP contribution in [0, 0.1) is 12.3 Å². The molecule has 0 N–H and O–H groups in total. The number of hydrogen-bond acceptors (Lipinski definition) is 6. The van der Waals surface area contributed by atoms with E-state index in [9.17, 15) is 13.2 Å². The first-order chi connectivity index (χ1) is 13.9. The first-order valence-corrected chi connectivity index (χ1v) is 11.6. The van der Waals surface area contributed by atoms with E-state index in [-0.39, 0.29) is 42.6 Å². The lowest BCUT2D eigenvalue weighted by atomic mass is 10.0. The number of ether oxygens (including phenoxy) is 2. The number of sulfone groups is 1. The highest BCUT2D eigenvalue weighted by atomic mass is 32.2. The standard InChI is InChI=1S/C21H28N2O5S/c1-4-10-22(16-9-12-29(25,26)15-16)14-21(24)23-11-5-6-19(23)18-8-7-17(27-2)13-20(18)28-3/h1,7-8,13,16,19H,5-6,9-12,14-15H2,2-3H3. The van der Waals surface area contributed by atoms with Crippen molar-refractivity contribution >= 4 is 15.7 Å². The zero-order chi connectivity index (χ0) is 21.0. The van der Waals surface area contributed by atoms with E-state index in [4.69, 9.17) is 15.9 Å². The second kappa shape index (κ2) is 9.06. The number of likely N-dealkylation sites (tertiary alicyclic amines) is 1. The summed E-state index contributed by atoms with van der Waals surface area (Å²) in [5.74, 6) is 4.14. The average molecular weight is 421 g/mol. The molecule has 0 aromatic heterocycles. The fourth-order valence-corrected chi connectivity index (χ4v) is 6.00. The third-order valence-corrected chi connectivity index (χ3v) is 7.48. The van der Waals surface area contributed by atoms with Gasteiger partial charge in [0.1, 0.15) is 11.5 Å². The van der Waals surface area contributed by atoms with Crippen LogP contribution in [-0.4, -0.2) is 75.5 Å². The molecule has 2 heterocycles. The van der Waals surface area contributed by atoms with Gasteiger partial charge in [-0.15, -0.1) is 6.42 Å². The van der Waals surface area contributed by atoms with Crippen molar-refractivity contribution in [1.29, 1.82) is 0 Å². The number of carbonyl (C=O) groups is 1. The third-order valence-electron chi connectivity index (χ3n) is 5.73. The fourth-order valence-electron chi connectivity index (χ4n) is 4.24. The number of methoxy groups -OCH3 is 2. The molecular formula is C21H28N2O5S. The molecular weight excluding hydrogens is 392 g/mol. The van der Waals surface area contributed by atoms with Crippen LogP contribution in [0.1, 0.15) is 30.9 Å². The molecule has 2 aliphatic heterocycles. The predicted molar refractivity (Wildman–Crippen MR) is 111 cm³/mol. The van der Waals surface area contributed by atoms with E-state index in [2.05, 4.69) is 5.92 Å². The van der Waals surface area contributed by atoms with Gasteiger partial charge in [0, 0.05) is 24.2 Å². The molecule has 2 fully saturated rings. The number of terminal acetylenes is 1. The van der Waals surface area contributed by atoms with Crippen molar-refractivity contribution in [3.8, 4) is 23.8 Å². The third kappa shape index (κ3) is 4.85. The van der Waals surface area contributed by atoms with Crippen LogP contribution >= 0.6 is 0 Å². The summed E-state index contributed by atoms with van der Waals surface area (Å²) in [7, 11) is 0.159. The minimum atomic E-state index is -3.05. The van der Waals surface area contributed by atoms with Gasteiger partial charge in [0.15, 0.2) is 9.84 Å². The molecule has 2 atom stereocenters. The Hall–Kier alpha value is -2.24. The smallest absolute Gasteiger partial charge is 0.237 e. The average Bonchev–Trinajstić information content (AvgIpc) is 3.33. The molecule has 7 nitrogen and oxygen atoms in total. The van der Waals surface area contributed by atoms with Crippen molar-refractivity contribution in [3.63, 3.8) is 0 Å². The minimum Gasteiger partial charge on any atom is -0.497 e. The van der Waals surface area contributed by atoms with Crippen molar-refractivity contribution in [2.24, 2.45) is 0 Å². The van der Waals surface area contributed by atoms with Crippen LogP contribution in [0.15, 0.2) is 18.2 Å². The molecule has 0 spiro atoms.